The summed E-state index contributed by atoms with van der Waals surface area (Å²) in [5.74, 6) is 1.14. The average Bonchev–Trinajstić information content (AvgIpc) is 3.38. The number of fused-ring (bicyclic) bond motifs is 2. The van der Waals surface area contributed by atoms with Crippen LogP contribution in [0.5, 0.6) is 0 Å². The van der Waals surface area contributed by atoms with Gasteiger partial charge in [0.2, 0.25) is 0 Å². The molecule has 0 spiro atoms. The lowest BCUT2D eigenvalue weighted by atomic mass is 10.1. The fourth-order valence-corrected chi connectivity index (χ4v) is 4.97. The molecule has 148 valence electrons. The van der Waals surface area contributed by atoms with Crippen molar-refractivity contribution in [1.29, 1.82) is 0 Å². The molecular formula is C22H23N5OS. The van der Waals surface area contributed by atoms with Crippen LogP contribution >= 0.6 is 11.5 Å². The number of rotatable bonds is 6. The topological polar surface area (TPSA) is 64.6 Å². The molecule has 0 bridgehead atoms. The fourth-order valence-electron chi connectivity index (χ4n) is 4.17. The summed E-state index contributed by atoms with van der Waals surface area (Å²) in [4.78, 5) is 19.0. The third kappa shape index (κ3) is 3.63. The minimum Gasteiger partial charge on any atom is -0.359 e. The summed E-state index contributed by atoms with van der Waals surface area (Å²) in [5, 5.41) is 5.29. The van der Waals surface area contributed by atoms with Gasteiger partial charge >= 0.3 is 0 Å². The number of anilines is 1. The van der Waals surface area contributed by atoms with Crippen molar-refractivity contribution in [2.24, 2.45) is 5.18 Å². The molecule has 3 heterocycles. The second-order valence-electron chi connectivity index (χ2n) is 7.58. The molecule has 1 N–H and O–H groups in total. The van der Waals surface area contributed by atoms with Gasteiger partial charge in [-0.15, -0.1) is 4.91 Å². The summed E-state index contributed by atoms with van der Waals surface area (Å²) >= 11 is 1.59. The summed E-state index contributed by atoms with van der Waals surface area (Å²) in [6.07, 6.45) is 3.79. The highest BCUT2D eigenvalue weighted by atomic mass is 32.1. The Bertz CT molecular complexity index is 1140. The number of nitroso groups, excluding NO2 is 1. The van der Waals surface area contributed by atoms with Gasteiger partial charge in [0.15, 0.2) is 0 Å². The fraction of sp³-hybridized carbons (Fsp3) is 0.318. The molecule has 4 aromatic rings. The highest BCUT2D eigenvalue weighted by molar-refractivity contribution is 7.13. The van der Waals surface area contributed by atoms with E-state index in [4.69, 9.17) is 4.37 Å². The normalized spacial score (nSPS) is 15.4. The molecular weight excluding hydrogens is 382 g/mol. The highest BCUT2D eigenvalue weighted by Crippen LogP contribution is 2.30. The lowest BCUT2D eigenvalue weighted by molar-refractivity contribution is 0.255. The Labute approximate surface area is 173 Å². The number of benzene rings is 2. The number of hydrogen-bond acceptors (Lipinski definition) is 6. The van der Waals surface area contributed by atoms with E-state index < -0.39 is 0 Å². The molecule has 2 aromatic carbocycles. The van der Waals surface area contributed by atoms with Crippen LogP contribution in [0.2, 0.25) is 0 Å². The van der Waals surface area contributed by atoms with Crippen LogP contribution < -0.4 is 4.90 Å². The standard InChI is InChI=1S/C22H23N5OS/c28-24-20-15-23-19-8-7-16(14-18(19)20)4-3-9-26-10-12-27(13-11-26)22-17-5-1-2-6-21(17)29-25-22/h1-2,5-8,14-15,23H,3-4,9-13H2. The SMILES string of the molecule is O=Nc1c[nH]c2ccc(CCCN3CCN(c4nsc5ccccc45)CC3)cc12. The molecule has 0 unspecified atom stereocenters. The van der Waals surface area contributed by atoms with Crippen molar-refractivity contribution in [3.63, 3.8) is 0 Å². The molecule has 1 aliphatic rings. The molecule has 1 saturated heterocycles. The van der Waals surface area contributed by atoms with Crippen molar-refractivity contribution in [3.05, 3.63) is 59.1 Å². The van der Waals surface area contributed by atoms with E-state index in [2.05, 4.69) is 56.4 Å². The zero-order valence-corrected chi connectivity index (χ0v) is 17.0. The van der Waals surface area contributed by atoms with E-state index in [1.807, 2.05) is 6.07 Å². The van der Waals surface area contributed by atoms with Crippen LogP contribution in [0, 0.1) is 4.91 Å². The molecule has 2 aromatic heterocycles. The summed E-state index contributed by atoms with van der Waals surface area (Å²) in [7, 11) is 0. The predicted molar refractivity (Wildman–Crippen MR) is 120 cm³/mol. The Morgan fingerprint density at radius 3 is 2.79 bits per heavy atom. The zero-order chi connectivity index (χ0) is 19.6. The van der Waals surface area contributed by atoms with Crippen LogP contribution in [0.15, 0.2) is 53.8 Å². The van der Waals surface area contributed by atoms with Gasteiger partial charge in [0.1, 0.15) is 11.5 Å². The minimum atomic E-state index is 0.493. The van der Waals surface area contributed by atoms with Gasteiger partial charge in [-0.3, -0.25) is 4.90 Å². The smallest absolute Gasteiger partial charge is 0.150 e. The van der Waals surface area contributed by atoms with Gasteiger partial charge in [0, 0.05) is 48.7 Å². The van der Waals surface area contributed by atoms with E-state index >= 15 is 0 Å². The van der Waals surface area contributed by atoms with E-state index in [1.54, 1.807) is 17.7 Å². The number of piperazine rings is 1. The molecule has 1 aliphatic heterocycles. The third-order valence-electron chi connectivity index (χ3n) is 5.79. The number of hydrogen-bond donors (Lipinski definition) is 1. The highest BCUT2D eigenvalue weighted by Gasteiger charge is 2.20. The number of nitrogens with one attached hydrogen (secondary N) is 1. The van der Waals surface area contributed by atoms with Crippen LogP contribution in [0.25, 0.3) is 21.0 Å². The average molecular weight is 406 g/mol. The first-order valence-corrected chi connectivity index (χ1v) is 10.8. The van der Waals surface area contributed by atoms with Gasteiger partial charge in [0.25, 0.3) is 0 Å². The van der Waals surface area contributed by atoms with E-state index in [0.717, 1.165) is 62.3 Å². The van der Waals surface area contributed by atoms with Crippen LogP contribution in [-0.4, -0.2) is 47.0 Å². The summed E-state index contributed by atoms with van der Waals surface area (Å²) in [6, 6.07) is 14.8. The van der Waals surface area contributed by atoms with Crippen molar-refractivity contribution < 1.29 is 0 Å². The minimum absolute atomic E-state index is 0.493. The molecule has 29 heavy (non-hydrogen) atoms. The molecule has 6 nitrogen and oxygen atoms in total. The number of H-pyrrole nitrogens is 1. The second kappa shape index (κ2) is 7.93. The third-order valence-corrected chi connectivity index (χ3v) is 6.61. The predicted octanol–water partition coefficient (Wildman–Crippen LogP) is 4.93. The first-order valence-electron chi connectivity index (χ1n) is 10.1. The molecule has 5 rings (SSSR count). The lowest BCUT2D eigenvalue weighted by Crippen LogP contribution is -2.46. The molecule has 1 fully saturated rings. The number of aryl methyl sites for hydroxylation is 1. The van der Waals surface area contributed by atoms with Crippen LogP contribution in [-0.2, 0) is 6.42 Å². The molecule has 0 radical (unpaired) electrons. The van der Waals surface area contributed by atoms with Gasteiger partial charge in [0.05, 0.1) is 4.70 Å². The molecule has 0 atom stereocenters. The maximum atomic E-state index is 10.9. The number of aromatic amines is 1. The largest absolute Gasteiger partial charge is 0.359 e. The van der Waals surface area contributed by atoms with Gasteiger partial charge in [-0.2, -0.15) is 4.37 Å². The molecule has 0 amide bonds. The van der Waals surface area contributed by atoms with Crippen molar-refractivity contribution in [1.82, 2.24) is 14.3 Å². The Morgan fingerprint density at radius 2 is 1.93 bits per heavy atom. The zero-order valence-electron chi connectivity index (χ0n) is 16.2. The molecule has 7 heteroatoms. The van der Waals surface area contributed by atoms with E-state index in [-0.39, 0.29) is 0 Å². The first-order chi connectivity index (χ1) is 14.3. The maximum Gasteiger partial charge on any atom is 0.150 e. The van der Waals surface area contributed by atoms with E-state index in [9.17, 15) is 4.91 Å². The summed E-state index contributed by atoms with van der Waals surface area (Å²) in [5.41, 5.74) is 2.72. The van der Waals surface area contributed by atoms with Crippen molar-refractivity contribution in [2.75, 3.05) is 37.6 Å². The van der Waals surface area contributed by atoms with Gasteiger partial charge in [-0.1, -0.05) is 18.2 Å². The second-order valence-corrected chi connectivity index (χ2v) is 8.38. The summed E-state index contributed by atoms with van der Waals surface area (Å²) < 4.78 is 5.96. The van der Waals surface area contributed by atoms with Crippen LogP contribution in [0.1, 0.15) is 12.0 Å². The lowest BCUT2D eigenvalue weighted by Gasteiger charge is -2.35. The van der Waals surface area contributed by atoms with Crippen molar-refractivity contribution in [3.8, 4) is 0 Å². The maximum absolute atomic E-state index is 10.9. The summed E-state index contributed by atoms with van der Waals surface area (Å²) in [6.45, 7) is 5.29. The van der Waals surface area contributed by atoms with Gasteiger partial charge in [-0.25, -0.2) is 0 Å². The van der Waals surface area contributed by atoms with Crippen LogP contribution in [0.3, 0.4) is 0 Å². The first kappa shape index (κ1) is 18.3. The van der Waals surface area contributed by atoms with Crippen LogP contribution in [0.4, 0.5) is 11.5 Å². The quantitative estimate of drug-likeness (QED) is 0.462. The van der Waals surface area contributed by atoms with Gasteiger partial charge in [-0.05, 0) is 65.9 Å². The Hall–Kier alpha value is -2.77. The number of nitrogens with zero attached hydrogens (tertiary/aromatic N) is 4. The van der Waals surface area contributed by atoms with Gasteiger partial charge < -0.3 is 9.88 Å². The Morgan fingerprint density at radius 1 is 1.07 bits per heavy atom. The molecule has 0 aliphatic carbocycles. The molecule has 0 saturated carbocycles. The van der Waals surface area contributed by atoms with E-state index in [1.165, 1.54) is 15.6 Å². The Kier molecular flexibility index (Phi) is 4.99. The monoisotopic (exact) mass is 405 g/mol. The van der Waals surface area contributed by atoms with Crippen molar-refractivity contribution in [2.45, 2.75) is 12.8 Å². The number of aromatic nitrogens is 2. The van der Waals surface area contributed by atoms with Crippen molar-refractivity contribution >= 4 is 44.0 Å². The van der Waals surface area contributed by atoms with E-state index in [0.29, 0.717) is 5.69 Å². The Balaban J connectivity index is 1.15.